The van der Waals surface area contributed by atoms with Crippen LogP contribution in [-0.4, -0.2) is 55.0 Å². The van der Waals surface area contributed by atoms with Crippen molar-refractivity contribution in [2.45, 2.75) is 12.5 Å². The highest BCUT2D eigenvalue weighted by Crippen LogP contribution is 2.25. The maximum atomic E-state index is 12.4. The molecule has 0 saturated carbocycles. The van der Waals surface area contributed by atoms with E-state index < -0.39 is 6.04 Å². The Hall–Kier alpha value is -1.83. The van der Waals surface area contributed by atoms with Crippen LogP contribution in [0.4, 0.5) is 5.69 Å². The van der Waals surface area contributed by atoms with Gasteiger partial charge in [-0.3, -0.25) is 14.9 Å². The van der Waals surface area contributed by atoms with Gasteiger partial charge in [0.05, 0.1) is 29.7 Å². The van der Waals surface area contributed by atoms with Gasteiger partial charge < -0.3 is 15.0 Å². The number of hydrogen-bond donors (Lipinski definition) is 2. The Morgan fingerprint density at radius 1 is 1.29 bits per heavy atom. The van der Waals surface area contributed by atoms with Crippen molar-refractivity contribution in [2.75, 3.05) is 31.6 Å². The van der Waals surface area contributed by atoms with Crippen molar-refractivity contribution >= 4 is 46.7 Å². The van der Waals surface area contributed by atoms with Crippen molar-refractivity contribution in [3.05, 3.63) is 28.2 Å². The van der Waals surface area contributed by atoms with Crippen molar-refractivity contribution in [1.29, 1.82) is 0 Å². The SMILES string of the molecule is O=C1C[C@H](C(=O)Nc2ccc(Cl)c(Cl)c2)N=C(N2CCOCC2)N1. The molecule has 3 rings (SSSR count). The molecular formula is C15H16Cl2N4O3. The van der Waals surface area contributed by atoms with E-state index in [2.05, 4.69) is 15.6 Å². The van der Waals surface area contributed by atoms with Crippen LogP contribution in [0.1, 0.15) is 6.42 Å². The van der Waals surface area contributed by atoms with Gasteiger partial charge in [-0.15, -0.1) is 0 Å². The molecule has 0 aliphatic carbocycles. The highest BCUT2D eigenvalue weighted by atomic mass is 35.5. The van der Waals surface area contributed by atoms with Crippen LogP contribution >= 0.6 is 23.2 Å². The Morgan fingerprint density at radius 3 is 2.75 bits per heavy atom. The maximum Gasteiger partial charge on any atom is 0.249 e. The maximum absolute atomic E-state index is 12.4. The normalized spacial score (nSPS) is 21.1. The van der Waals surface area contributed by atoms with E-state index in [1.807, 2.05) is 4.90 Å². The van der Waals surface area contributed by atoms with Crippen molar-refractivity contribution < 1.29 is 14.3 Å². The molecule has 0 aromatic heterocycles. The lowest BCUT2D eigenvalue weighted by molar-refractivity contribution is -0.125. The van der Waals surface area contributed by atoms with Crippen LogP contribution in [-0.2, 0) is 14.3 Å². The van der Waals surface area contributed by atoms with Crippen LogP contribution in [0.15, 0.2) is 23.2 Å². The average molecular weight is 371 g/mol. The van der Waals surface area contributed by atoms with Crippen LogP contribution in [0, 0.1) is 0 Å². The molecule has 9 heteroatoms. The summed E-state index contributed by atoms with van der Waals surface area (Å²) in [6, 6.07) is 4.00. The number of rotatable bonds is 2. The fourth-order valence-corrected chi connectivity index (χ4v) is 2.76. The number of ether oxygens (including phenoxy) is 1. The van der Waals surface area contributed by atoms with Crippen LogP contribution in [0.3, 0.4) is 0 Å². The van der Waals surface area contributed by atoms with E-state index in [9.17, 15) is 9.59 Å². The fourth-order valence-electron chi connectivity index (χ4n) is 2.46. The zero-order chi connectivity index (χ0) is 17.1. The molecule has 1 atom stereocenters. The summed E-state index contributed by atoms with van der Waals surface area (Å²) < 4.78 is 5.28. The van der Waals surface area contributed by atoms with Gasteiger partial charge in [0.2, 0.25) is 17.8 Å². The first-order chi connectivity index (χ1) is 11.5. The minimum Gasteiger partial charge on any atom is -0.378 e. The summed E-state index contributed by atoms with van der Waals surface area (Å²) in [4.78, 5) is 30.6. The molecule has 0 unspecified atom stereocenters. The summed E-state index contributed by atoms with van der Waals surface area (Å²) in [5, 5.41) is 6.17. The van der Waals surface area contributed by atoms with Crippen molar-refractivity contribution in [3.63, 3.8) is 0 Å². The molecule has 2 amide bonds. The minimum atomic E-state index is -0.786. The monoisotopic (exact) mass is 370 g/mol. The third-order valence-corrected chi connectivity index (χ3v) is 4.45. The van der Waals surface area contributed by atoms with Gasteiger partial charge in [0.15, 0.2) is 0 Å². The highest BCUT2D eigenvalue weighted by molar-refractivity contribution is 6.42. The van der Waals surface area contributed by atoms with Crippen LogP contribution in [0.25, 0.3) is 0 Å². The second kappa shape index (κ2) is 7.38. The molecule has 2 aliphatic rings. The highest BCUT2D eigenvalue weighted by Gasteiger charge is 2.29. The largest absolute Gasteiger partial charge is 0.378 e. The smallest absolute Gasteiger partial charge is 0.249 e. The second-order valence-corrected chi connectivity index (χ2v) is 6.25. The molecule has 0 spiro atoms. The molecule has 128 valence electrons. The quantitative estimate of drug-likeness (QED) is 0.826. The molecule has 0 radical (unpaired) electrons. The summed E-state index contributed by atoms with van der Waals surface area (Å²) >= 11 is 11.8. The molecule has 2 aliphatic heterocycles. The lowest BCUT2D eigenvalue weighted by Gasteiger charge is -2.32. The Morgan fingerprint density at radius 2 is 2.04 bits per heavy atom. The van der Waals surface area contributed by atoms with Gasteiger partial charge in [-0.25, -0.2) is 4.99 Å². The lowest BCUT2D eigenvalue weighted by atomic mass is 10.1. The number of anilines is 1. The number of aliphatic imine (C=N–C) groups is 1. The molecule has 1 aromatic carbocycles. The molecule has 1 aromatic rings. The third kappa shape index (κ3) is 3.98. The first kappa shape index (κ1) is 17.0. The Bertz CT molecular complexity index is 689. The van der Waals surface area contributed by atoms with E-state index in [1.54, 1.807) is 18.2 Å². The van der Waals surface area contributed by atoms with Gasteiger partial charge in [0, 0.05) is 18.8 Å². The van der Waals surface area contributed by atoms with Crippen LogP contribution in [0.2, 0.25) is 10.0 Å². The molecule has 2 N–H and O–H groups in total. The Balaban J connectivity index is 1.72. The summed E-state index contributed by atoms with van der Waals surface area (Å²) in [5.41, 5.74) is 0.503. The standard InChI is InChI=1S/C15H16Cl2N4O3/c16-10-2-1-9(7-11(10)17)18-14(23)12-8-13(22)20-15(19-12)21-3-5-24-6-4-21/h1-2,7,12H,3-6,8H2,(H,18,23)(H,19,20,22)/t12-/m1/s1. The van der Waals surface area contributed by atoms with Gasteiger partial charge in [-0.05, 0) is 18.2 Å². The van der Waals surface area contributed by atoms with Gasteiger partial charge >= 0.3 is 0 Å². The van der Waals surface area contributed by atoms with E-state index in [-0.39, 0.29) is 18.2 Å². The summed E-state index contributed by atoms with van der Waals surface area (Å²) in [6.07, 6.45) is 0.000987. The summed E-state index contributed by atoms with van der Waals surface area (Å²) in [6.45, 7) is 2.38. The molecular weight excluding hydrogens is 355 g/mol. The second-order valence-electron chi connectivity index (χ2n) is 5.44. The van der Waals surface area contributed by atoms with E-state index >= 15 is 0 Å². The number of nitrogens with one attached hydrogen (secondary N) is 2. The Labute approximate surface area is 149 Å². The fraction of sp³-hybridized carbons (Fsp3) is 0.400. The predicted molar refractivity (Wildman–Crippen MR) is 91.5 cm³/mol. The number of carbonyl (C=O) groups is 2. The zero-order valence-corrected chi connectivity index (χ0v) is 14.2. The number of hydrogen-bond acceptors (Lipinski definition) is 5. The lowest BCUT2D eigenvalue weighted by Crippen LogP contribution is -2.53. The number of guanidine groups is 1. The zero-order valence-electron chi connectivity index (χ0n) is 12.7. The van der Waals surface area contributed by atoms with E-state index in [0.717, 1.165) is 0 Å². The van der Waals surface area contributed by atoms with Crippen molar-refractivity contribution in [2.24, 2.45) is 4.99 Å². The number of amides is 2. The Kier molecular flexibility index (Phi) is 5.23. The molecule has 1 fully saturated rings. The molecule has 0 bridgehead atoms. The van der Waals surface area contributed by atoms with E-state index in [1.165, 1.54) is 0 Å². The molecule has 1 saturated heterocycles. The molecule has 2 heterocycles. The number of halogens is 2. The van der Waals surface area contributed by atoms with Gasteiger partial charge in [-0.2, -0.15) is 0 Å². The number of carbonyl (C=O) groups excluding carboxylic acids is 2. The predicted octanol–water partition coefficient (Wildman–Crippen LogP) is 1.51. The average Bonchev–Trinajstić information content (AvgIpc) is 2.58. The van der Waals surface area contributed by atoms with Gasteiger partial charge in [-0.1, -0.05) is 23.2 Å². The van der Waals surface area contributed by atoms with E-state index in [4.69, 9.17) is 27.9 Å². The van der Waals surface area contributed by atoms with Gasteiger partial charge in [0.1, 0.15) is 6.04 Å². The summed E-state index contributed by atoms with van der Waals surface area (Å²) in [7, 11) is 0. The number of nitrogens with zero attached hydrogens (tertiary/aromatic N) is 2. The van der Waals surface area contributed by atoms with Crippen LogP contribution in [0.5, 0.6) is 0 Å². The topological polar surface area (TPSA) is 83.0 Å². The first-order valence-electron chi connectivity index (χ1n) is 7.49. The number of benzene rings is 1. The number of morpholine rings is 1. The van der Waals surface area contributed by atoms with Crippen molar-refractivity contribution in [3.8, 4) is 0 Å². The first-order valence-corrected chi connectivity index (χ1v) is 8.25. The van der Waals surface area contributed by atoms with Gasteiger partial charge in [0.25, 0.3) is 0 Å². The van der Waals surface area contributed by atoms with Crippen molar-refractivity contribution in [1.82, 2.24) is 10.2 Å². The summed E-state index contributed by atoms with van der Waals surface area (Å²) in [5.74, 6) is -0.182. The molecule has 24 heavy (non-hydrogen) atoms. The van der Waals surface area contributed by atoms with Crippen LogP contribution < -0.4 is 10.6 Å². The van der Waals surface area contributed by atoms with E-state index in [0.29, 0.717) is 48.0 Å². The minimum absolute atomic E-state index is 0.000987. The molecule has 7 nitrogen and oxygen atoms in total. The third-order valence-electron chi connectivity index (χ3n) is 3.71.